The van der Waals surface area contributed by atoms with Gasteiger partial charge in [-0.05, 0) is 32.4 Å². The van der Waals surface area contributed by atoms with Crippen LogP contribution in [0.25, 0.3) is 0 Å². The summed E-state index contributed by atoms with van der Waals surface area (Å²) in [5.41, 5.74) is 6.49. The van der Waals surface area contributed by atoms with Crippen LogP contribution in [0.2, 0.25) is 0 Å². The first-order valence-electron chi connectivity index (χ1n) is 7.44. The van der Waals surface area contributed by atoms with Gasteiger partial charge < -0.3 is 5.73 Å². The number of halogens is 2. The predicted molar refractivity (Wildman–Crippen MR) is 79.5 cm³/mol. The van der Waals surface area contributed by atoms with Crippen molar-refractivity contribution in [3.8, 4) is 0 Å². The molecule has 0 spiro atoms. The average molecular weight is 284 g/mol. The third-order valence-corrected chi connectivity index (χ3v) is 3.81. The number of rotatable bonds is 8. The molecule has 0 aromatic heterocycles. The maximum atomic E-state index is 13.7. The molecule has 20 heavy (non-hydrogen) atoms. The second kappa shape index (κ2) is 8.32. The van der Waals surface area contributed by atoms with E-state index in [0.29, 0.717) is 18.2 Å². The molecule has 0 bridgehead atoms. The summed E-state index contributed by atoms with van der Waals surface area (Å²) < 4.78 is 26.7. The first-order chi connectivity index (χ1) is 9.49. The minimum absolute atomic E-state index is 0.385. The molecule has 1 aromatic carbocycles. The second-order valence-electron chi connectivity index (χ2n) is 5.38. The van der Waals surface area contributed by atoms with Crippen LogP contribution in [0.4, 0.5) is 8.78 Å². The minimum Gasteiger partial charge on any atom is -0.323 e. The highest BCUT2D eigenvalue weighted by Crippen LogP contribution is 2.19. The smallest absolute Gasteiger partial charge is 0.130 e. The summed E-state index contributed by atoms with van der Waals surface area (Å²) in [4.78, 5) is 2.29. The van der Waals surface area contributed by atoms with Crippen LogP contribution in [0.5, 0.6) is 0 Å². The summed E-state index contributed by atoms with van der Waals surface area (Å²) in [6.45, 7) is 7.99. The molecule has 0 aliphatic carbocycles. The average Bonchev–Trinajstić information content (AvgIpc) is 2.42. The summed E-state index contributed by atoms with van der Waals surface area (Å²) >= 11 is 0. The zero-order valence-electron chi connectivity index (χ0n) is 12.7. The molecule has 2 nitrogen and oxygen atoms in total. The molecule has 2 atom stereocenters. The van der Waals surface area contributed by atoms with Crippen molar-refractivity contribution >= 4 is 0 Å². The summed E-state index contributed by atoms with van der Waals surface area (Å²) in [7, 11) is 0. The molecule has 0 fully saturated rings. The monoisotopic (exact) mass is 284 g/mol. The number of hydrogen-bond donors (Lipinski definition) is 1. The van der Waals surface area contributed by atoms with Crippen LogP contribution < -0.4 is 5.73 Å². The lowest BCUT2D eigenvalue weighted by Crippen LogP contribution is -2.39. The van der Waals surface area contributed by atoms with Crippen LogP contribution in [-0.2, 0) is 0 Å². The summed E-state index contributed by atoms with van der Waals surface area (Å²) in [6, 6.07) is 3.59. The molecule has 4 heteroatoms. The topological polar surface area (TPSA) is 29.3 Å². The molecule has 0 saturated heterocycles. The number of benzene rings is 1. The molecule has 1 aromatic rings. The number of nitrogens with zero attached hydrogens (tertiary/aromatic N) is 1. The van der Waals surface area contributed by atoms with E-state index in [2.05, 4.69) is 25.7 Å². The fourth-order valence-corrected chi connectivity index (χ4v) is 2.26. The Morgan fingerprint density at radius 1 is 1.25 bits per heavy atom. The highest BCUT2D eigenvalue weighted by Gasteiger charge is 2.18. The Hall–Kier alpha value is -1.00. The Kier molecular flexibility index (Phi) is 7.10. The highest BCUT2D eigenvalue weighted by molar-refractivity contribution is 5.22. The van der Waals surface area contributed by atoms with E-state index in [9.17, 15) is 8.78 Å². The maximum Gasteiger partial charge on any atom is 0.130 e. The van der Waals surface area contributed by atoms with Crippen molar-refractivity contribution in [1.29, 1.82) is 0 Å². The second-order valence-corrected chi connectivity index (χ2v) is 5.38. The molecular weight excluding hydrogens is 258 g/mol. The fraction of sp³-hybridized carbons (Fsp3) is 0.625. The third-order valence-electron chi connectivity index (χ3n) is 3.81. The van der Waals surface area contributed by atoms with Crippen molar-refractivity contribution in [2.75, 3.05) is 13.1 Å². The maximum absolute atomic E-state index is 13.7. The molecule has 1 rings (SSSR count). The highest BCUT2D eigenvalue weighted by atomic mass is 19.1. The molecule has 2 unspecified atom stereocenters. The van der Waals surface area contributed by atoms with Gasteiger partial charge in [-0.3, -0.25) is 4.90 Å². The van der Waals surface area contributed by atoms with Gasteiger partial charge in [0.2, 0.25) is 0 Å². The zero-order valence-corrected chi connectivity index (χ0v) is 12.7. The van der Waals surface area contributed by atoms with E-state index in [-0.39, 0.29) is 0 Å². The van der Waals surface area contributed by atoms with Gasteiger partial charge in [0.25, 0.3) is 0 Å². The van der Waals surface area contributed by atoms with Gasteiger partial charge in [-0.15, -0.1) is 0 Å². The summed E-state index contributed by atoms with van der Waals surface area (Å²) in [5, 5.41) is 0. The van der Waals surface area contributed by atoms with Gasteiger partial charge in [-0.1, -0.05) is 26.3 Å². The number of nitrogens with two attached hydrogens (primary N) is 1. The first kappa shape index (κ1) is 17.1. The van der Waals surface area contributed by atoms with Crippen LogP contribution in [0.1, 0.15) is 51.6 Å². The summed E-state index contributed by atoms with van der Waals surface area (Å²) in [6.07, 6.45) is 3.25. The van der Waals surface area contributed by atoms with Crippen molar-refractivity contribution < 1.29 is 8.78 Å². The zero-order chi connectivity index (χ0) is 15.1. The van der Waals surface area contributed by atoms with Crippen molar-refractivity contribution in [1.82, 2.24) is 4.90 Å². The quantitative estimate of drug-likeness (QED) is 0.785. The normalized spacial score (nSPS) is 14.6. The Labute approximate surface area is 121 Å². The van der Waals surface area contributed by atoms with Gasteiger partial charge >= 0.3 is 0 Å². The molecule has 0 aliphatic rings. The van der Waals surface area contributed by atoms with Crippen LogP contribution >= 0.6 is 0 Å². The van der Waals surface area contributed by atoms with Crippen LogP contribution in [-0.4, -0.2) is 24.0 Å². The van der Waals surface area contributed by atoms with E-state index >= 15 is 0 Å². The summed E-state index contributed by atoms with van der Waals surface area (Å²) in [5.74, 6) is -1.12. The van der Waals surface area contributed by atoms with E-state index in [1.54, 1.807) is 0 Å². The Bertz CT molecular complexity index is 409. The minimum atomic E-state index is -0.566. The Balaban J connectivity index is 2.75. The van der Waals surface area contributed by atoms with Crippen molar-refractivity contribution in [3.05, 3.63) is 35.4 Å². The van der Waals surface area contributed by atoms with Crippen molar-refractivity contribution in [3.63, 3.8) is 0 Å². The van der Waals surface area contributed by atoms with E-state index < -0.39 is 17.7 Å². The van der Waals surface area contributed by atoms with Gasteiger partial charge in [0.05, 0.1) is 0 Å². The molecule has 114 valence electrons. The van der Waals surface area contributed by atoms with Gasteiger partial charge in [0.1, 0.15) is 11.6 Å². The molecular formula is C16H26F2N2. The lowest BCUT2D eigenvalue weighted by atomic mass is 10.0. The SMILES string of the molecule is CCCCN(CC(N)c1ccc(F)cc1F)C(C)CC. The van der Waals surface area contributed by atoms with Crippen LogP contribution in [0, 0.1) is 11.6 Å². The Morgan fingerprint density at radius 2 is 1.95 bits per heavy atom. The molecule has 2 N–H and O–H groups in total. The van der Waals surface area contributed by atoms with Gasteiger partial charge in [0, 0.05) is 30.3 Å². The first-order valence-corrected chi connectivity index (χ1v) is 7.44. The molecule has 0 radical (unpaired) electrons. The largest absolute Gasteiger partial charge is 0.323 e. The van der Waals surface area contributed by atoms with Gasteiger partial charge in [-0.25, -0.2) is 8.78 Å². The van der Waals surface area contributed by atoms with E-state index in [0.717, 1.165) is 31.9 Å². The standard InChI is InChI=1S/C16H26F2N2/c1-4-6-9-20(12(3)5-2)11-16(19)14-8-7-13(17)10-15(14)18/h7-8,10,12,16H,4-6,9,11,19H2,1-3H3. The van der Waals surface area contributed by atoms with E-state index in [1.165, 1.54) is 12.1 Å². The molecule has 0 saturated carbocycles. The van der Waals surface area contributed by atoms with Crippen LogP contribution in [0.3, 0.4) is 0 Å². The van der Waals surface area contributed by atoms with Crippen LogP contribution in [0.15, 0.2) is 18.2 Å². The van der Waals surface area contributed by atoms with Gasteiger partial charge in [-0.2, -0.15) is 0 Å². The number of unbranched alkanes of at least 4 members (excludes halogenated alkanes) is 1. The van der Waals surface area contributed by atoms with E-state index in [4.69, 9.17) is 5.73 Å². The molecule has 0 heterocycles. The van der Waals surface area contributed by atoms with E-state index in [1.807, 2.05) is 0 Å². The van der Waals surface area contributed by atoms with Crippen molar-refractivity contribution in [2.24, 2.45) is 5.73 Å². The molecule has 0 aliphatic heterocycles. The number of hydrogen-bond acceptors (Lipinski definition) is 2. The third kappa shape index (κ3) is 4.84. The predicted octanol–water partition coefficient (Wildman–Crippen LogP) is 3.87. The van der Waals surface area contributed by atoms with Gasteiger partial charge in [0.15, 0.2) is 0 Å². The molecule has 0 amide bonds. The Morgan fingerprint density at radius 3 is 2.50 bits per heavy atom. The fourth-order valence-electron chi connectivity index (χ4n) is 2.26. The lowest BCUT2D eigenvalue weighted by molar-refractivity contribution is 0.188. The lowest BCUT2D eigenvalue weighted by Gasteiger charge is -2.31. The van der Waals surface area contributed by atoms with Crippen molar-refractivity contribution in [2.45, 2.75) is 52.1 Å².